The monoisotopic (exact) mass is 274 g/mol. The maximum Gasteiger partial charge on any atom is 0.143 e. The van der Waals surface area contributed by atoms with Gasteiger partial charge in [-0.3, -0.25) is 4.79 Å². The zero-order valence-electron chi connectivity index (χ0n) is 12.5. The largest absolute Gasteiger partial charge is 0.497 e. The summed E-state index contributed by atoms with van der Waals surface area (Å²) in [6.07, 6.45) is 3.17. The van der Waals surface area contributed by atoms with Crippen molar-refractivity contribution >= 4 is 11.6 Å². The van der Waals surface area contributed by atoms with Crippen molar-refractivity contribution in [2.45, 2.75) is 51.4 Å². The van der Waals surface area contributed by atoms with Crippen molar-refractivity contribution < 1.29 is 14.3 Å². The van der Waals surface area contributed by atoms with Gasteiger partial charge < -0.3 is 9.53 Å². The first-order chi connectivity index (χ1) is 9.53. The lowest BCUT2D eigenvalue weighted by molar-refractivity contribution is -0.126. The molecule has 0 saturated carbocycles. The van der Waals surface area contributed by atoms with E-state index >= 15 is 0 Å². The molecule has 0 aromatic heterocycles. The van der Waals surface area contributed by atoms with Gasteiger partial charge in [-0.05, 0) is 49.4 Å². The zero-order valence-corrected chi connectivity index (χ0v) is 12.5. The lowest BCUT2D eigenvalue weighted by Gasteiger charge is -2.37. The Morgan fingerprint density at radius 3 is 2.70 bits per heavy atom. The molecule has 1 aromatic carbocycles. The average Bonchev–Trinajstić information content (AvgIpc) is 2.46. The van der Waals surface area contributed by atoms with Gasteiger partial charge in [-0.15, -0.1) is 0 Å². The van der Waals surface area contributed by atoms with Crippen molar-refractivity contribution in [3.8, 4) is 5.75 Å². The number of aryl methyl sites for hydroxylation is 1. The Kier molecular flexibility index (Phi) is 4.26. The predicted molar refractivity (Wildman–Crippen MR) is 78.2 cm³/mol. The minimum atomic E-state index is -0.481. The molecule has 0 spiro atoms. The average molecular weight is 274 g/mol. The minimum Gasteiger partial charge on any atom is -0.497 e. The molecular formula is C17H22O3. The molecule has 1 aromatic rings. The summed E-state index contributed by atoms with van der Waals surface area (Å²) in [4.78, 5) is 23.9. The smallest absolute Gasteiger partial charge is 0.143 e. The van der Waals surface area contributed by atoms with E-state index in [2.05, 4.69) is 0 Å². The Balaban J connectivity index is 2.46. The quantitative estimate of drug-likeness (QED) is 0.828. The van der Waals surface area contributed by atoms with E-state index in [1.165, 1.54) is 5.56 Å². The summed E-state index contributed by atoms with van der Waals surface area (Å²) in [7, 11) is 1.65. The number of benzene rings is 1. The first kappa shape index (κ1) is 14.8. The number of Topliss-reactive ketones (excluding diaryl/α,β-unsaturated/α-hetero) is 2. The van der Waals surface area contributed by atoms with Crippen LogP contribution in [0.3, 0.4) is 0 Å². The van der Waals surface area contributed by atoms with Crippen LogP contribution in [0.15, 0.2) is 18.2 Å². The van der Waals surface area contributed by atoms with Crippen LogP contribution in [-0.2, 0) is 21.4 Å². The first-order valence-corrected chi connectivity index (χ1v) is 7.23. The molecular weight excluding hydrogens is 252 g/mol. The van der Waals surface area contributed by atoms with Gasteiger partial charge in [0, 0.05) is 12.8 Å². The number of ether oxygens (including phenoxy) is 1. The molecule has 2 rings (SSSR count). The number of rotatable bonds is 5. The van der Waals surface area contributed by atoms with Crippen LogP contribution in [0, 0.1) is 0 Å². The fourth-order valence-corrected chi connectivity index (χ4v) is 3.24. The molecule has 0 heterocycles. The molecule has 1 aliphatic carbocycles. The highest BCUT2D eigenvalue weighted by molar-refractivity contribution is 5.93. The third-order valence-electron chi connectivity index (χ3n) is 4.49. The van der Waals surface area contributed by atoms with Gasteiger partial charge in [0.15, 0.2) is 0 Å². The second-order valence-electron chi connectivity index (χ2n) is 5.58. The van der Waals surface area contributed by atoms with E-state index in [1.807, 2.05) is 25.1 Å². The van der Waals surface area contributed by atoms with Gasteiger partial charge in [-0.2, -0.15) is 0 Å². The van der Waals surface area contributed by atoms with E-state index in [4.69, 9.17) is 4.74 Å². The fourth-order valence-electron chi connectivity index (χ4n) is 3.24. The Morgan fingerprint density at radius 1 is 1.35 bits per heavy atom. The first-order valence-electron chi connectivity index (χ1n) is 7.23. The molecule has 0 saturated heterocycles. The number of carbonyl (C=O) groups excluding carboxylic acids is 2. The van der Waals surface area contributed by atoms with E-state index in [1.54, 1.807) is 14.0 Å². The van der Waals surface area contributed by atoms with Crippen molar-refractivity contribution in [2.24, 2.45) is 0 Å². The molecule has 108 valence electrons. The lowest BCUT2D eigenvalue weighted by Crippen LogP contribution is -2.40. The Hall–Kier alpha value is -1.64. The summed E-state index contributed by atoms with van der Waals surface area (Å²) >= 11 is 0. The second-order valence-corrected chi connectivity index (χ2v) is 5.58. The van der Waals surface area contributed by atoms with Crippen LogP contribution in [0.4, 0.5) is 0 Å². The number of methoxy groups -OCH3 is 1. The number of carbonyl (C=O) groups is 2. The number of hydrogen-bond donors (Lipinski definition) is 0. The Bertz CT molecular complexity index is 533. The molecule has 20 heavy (non-hydrogen) atoms. The Labute approximate surface area is 120 Å². The van der Waals surface area contributed by atoms with E-state index in [0.29, 0.717) is 19.3 Å². The maximum absolute atomic E-state index is 12.5. The van der Waals surface area contributed by atoms with E-state index in [9.17, 15) is 9.59 Å². The second kappa shape index (κ2) is 5.78. The summed E-state index contributed by atoms with van der Waals surface area (Å²) in [6, 6.07) is 5.95. The van der Waals surface area contributed by atoms with Gasteiger partial charge in [0.1, 0.15) is 17.3 Å². The third-order valence-corrected chi connectivity index (χ3v) is 4.49. The van der Waals surface area contributed by atoms with Gasteiger partial charge in [0.25, 0.3) is 0 Å². The van der Waals surface area contributed by atoms with E-state index in [0.717, 1.165) is 24.2 Å². The summed E-state index contributed by atoms with van der Waals surface area (Å²) in [5.41, 5.74) is 1.80. The standard InChI is InChI=1S/C17H22O3/c1-4-17(10-9-12(2)18)15-7-6-14(20-3)11-13(15)5-8-16(17)19/h6-7,11H,4-5,8-10H2,1-3H3. The summed E-state index contributed by atoms with van der Waals surface area (Å²) in [6.45, 7) is 3.63. The molecule has 0 radical (unpaired) electrons. The summed E-state index contributed by atoms with van der Waals surface area (Å²) in [5, 5.41) is 0. The van der Waals surface area contributed by atoms with E-state index < -0.39 is 5.41 Å². The van der Waals surface area contributed by atoms with Crippen LogP contribution in [0.5, 0.6) is 5.75 Å². The van der Waals surface area contributed by atoms with Crippen molar-refractivity contribution in [1.29, 1.82) is 0 Å². The van der Waals surface area contributed by atoms with Gasteiger partial charge >= 0.3 is 0 Å². The molecule has 0 amide bonds. The molecule has 3 nitrogen and oxygen atoms in total. The number of hydrogen-bond acceptors (Lipinski definition) is 3. The molecule has 0 fully saturated rings. The zero-order chi connectivity index (χ0) is 14.8. The van der Waals surface area contributed by atoms with Crippen LogP contribution in [0.25, 0.3) is 0 Å². The van der Waals surface area contributed by atoms with Crippen molar-refractivity contribution in [1.82, 2.24) is 0 Å². The maximum atomic E-state index is 12.5. The van der Waals surface area contributed by atoms with Crippen molar-refractivity contribution in [3.63, 3.8) is 0 Å². The summed E-state index contributed by atoms with van der Waals surface area (Å²) < 4.78 is 5.27. The van der Waals surface area contributed by atoms with Crippen LogP contribution < -0.4 is 4.74 Å². The predicted octanol–water partition coefficient (Wildman–Crippen LogP) is 3.23. The van der Waals surface area contributed by atoms with Gasteiger partial charge in [-0.1, -0.05) is 13.0 Å². The topological polar surface area (TPSA) is 43.4 Å². The van der Waals surface area contributed by atoms with Crippen molar-refractivity contribution in [2.75, 3.05) is 7.11 Å². The minimum absolute atomic E-state index is 0.145. The third kappa shape index (κ3) is 2.49. The number of ketones is 2. The normalized spacial score (nSPS) is 21.4. The Morgan fingerprint density at radius 2 is 2.10 bits per heavy atom. The fraction of sp³-hybridized carbons (Fsp3) is 0.529. The SMILES string of the molecule is CCC1(CCC(C)=O)C(=O)CCc2cc(OC)ccc21. The van der Waals surface area contributed by atoms with Gasteiger partial charge in [-0.25, -0.2) is 0 Å². The molecule has 0 N–H and O–H groups in total. The van der Waals surface area contributed by atoms with Crippen LogP contribution in [0.1, 0.15) is 50.7 Å². The van der Waals surface area contributed by atoms with Crippen LogP contribution >= 0.6 is 0 Å². The summed E-state index contributed by atoms with van der Waals surface area (Å²) in [5.74, 6) is 1.25. The van der Waals surface area contributed by atoms with Crippen molar-refractivity contribution in [3.05, 3.63) is 29.3 Å². The van der Waals surface area contributed by atoms with Crippen LogP contribution in [-0.4, -0.2) is 18.7 Å². The number of fused-ring (bicyclic) bond motifs is 1. The highest BCUT2D eigenvalue weighted by Crippen LogP contribution is 2.42. The lowest BCUT2D eigenvalue weighted by atomic mass is 9.65. The molecule has 0 bridgehead atoms. The van der Waals surface area contributed by atoms with Crippen LogP contribution in [0.2, 0.25) is 0 Å². The highest BCUT2D eigenvalue weighted by Gasteiger charge is 2.41. The van der Waals surface area contributed by atoms with Gasteiger partial charge in [0.2, 0.25) is 0 Å². The van der Waals surface area contributed by atoms with Gasteiger partial charge in [0.05, 0.1) is 12.5 Å². The molecule has 1 aliphatic rings. The molecule has 1 atom stereocenters. The molecule has 1 unspecified atom stereocenters. The van der Waals surface area contributed by atoms with E-state index in [-0.39, 0.29) is 11.6 Å². The molecule has 3 heteroatoms. The highest BCUT2D eigenvalue weighted by atomic mass is 16.5. The molecule has 0 aliphatic heterocycles.